The molecule has 0 aliphatic carbocycles. The van der Waals surface area contributed by atoms with Crippen LogP contribution in [0.25, 0.3) is 0 Å². The topological polar surface area (TPSA) is 145 Å². The van der Waals surface area contributed by atoms with E-state index in [2.05, 4.69) is 5.32 Å². The van der Waals surface area contributed by atoms with Crippen LogP contribution in [0.1, 0.15) is 18.4 Å². The van der Waals surface area contributed by atoms with Gasteiger partial charge in [-0.1, -0.05) is 30.3 Å². The van der Waals surface area contributed by atoms with Crippen LogP contribution in [0.15, 0.2) is 30.3 Å². The highest BCUT2D eigenvalue weighted by molar-refractivity contribution is 5.93. The Hall–Kier alpha value is -2.45. The molecule has 0 radical (unpaired) electrons. The zero-order valence-corrected chi connectivity index (χ0v) is 14.1. The lowest BCUT2D eigenvalue weighted by atomic mass is 10.0. The van der Waals surface area contributed by atoms with Crippen molar-refractivity contribution >= 4 is 17.7 Å². The Bertz CT molecular complexity index is 622. The van der Waals surface area contributed by atoms with Gasteiger partial charge in [0.2, 0.25) is 17.7 Å². The van der Waals surface area contributed by atoms with Crippen LogP contribution in [0, 0.1) is 0 Å². The van der Waals surface area contributed by atoms with Gasteiger partial charge in [0.25, 0.3) is 0 Å². The molecule has 0 unspecified atom stereocenters. The Balaban J connectivity index is 2.04. The Labute approximate surface area is 146 Å². The van der Waals surface area contributed by atoms with Gasteiger partial charge in [-0.2, -0.15) is 0 Å². The molecule has 1 fully saturated rings. The maximum atomic E-state index is 12.6. The summed E-state index contributed by atoms with van der Waals surface area (Å²) in [7, 11) is 0. The van der Waals surface area contributed by atoms with Gasteiger partial charge < -0.3 is 27.4 Å². The number of carbonyl (C=O) groups is 3. The maximum Gasteiger partial charge on any atom is 0.243 e. The van der Waals surface area contributed by atoms with E-state index in [1.165, 1.54) is 4.90 Å². The summed E-state index contributed by atoms with van der Waals surface area (Å²) in [5.41, 5.74) is 17.4. The standard InChI is InChI=1S/C17H25N5O3/c18-10-12(19)17(25)22-8-4-7-14(22)16(24)21-13(15(20)23)9-11-5-2-1-3-6-11/h1-3,5-6,12-14H,4,7-10,18-19H2,(H2,20,23)(H,21,24)/t12-,13-,14-/m0/s1. The van der Waals surface area contributed by atoms with Crippen LogP contribution >= 0.6 is 0 Å². The average molecular weight is 347 g/mol. The average Bonchev–Trinajstić information content (AvgIpc) is 3.10. The number of likely N-dealkylation sites (tertiary alicyclic amines) is 1. The lowest BCUT2D eigenvalue weighted by Gasteiger charge is -2.27. The van der Waals surface area contributed by atoms with Gasteiger partial charge >= 0.3 is 0 Å². The van der Waals surface area contributed by atoms with Crippen LogP contribution in [-0.4, -0.2) is 53.8 Å². The van der Waals surface area contributed by atoms with Crippen LogP contribution in [0.3, 0.4) is 0 Å². The smallest absolute Gasteiger partial charge is 0.243 e. The molecule has 1 aliphatic heterocycles. The highest BCUT2D eigenvalue weighted by atomic mass is 16.2. The van der Waals surface area contributed by atoms with E-state index in [1.807, 2.05) is 30.3 Å². The number of benzene rings is 1. The molecule has 3 atom stereocenters. The van der Waals surface area contributed by atoms with Gasteiger partial charge in [0.05, 0.1) is 6.04 Å². The molecule has 7 N–H and O–H groups in total. The van der Waals surface area contributed by atoms with Crippen LogP contribution in [-0.2, 0) is 20.8 Å². The number of amides is 3. The first-order chi connectivity index (χ1) is 11.9. The molecule has 1 aromatic carbocycles. The zero-order chi connectivity index (χ0) is 18.4. The van der Waals surface area contributed by atoms with Gasteiger partial charge in [0, 0.05) is 19.5 Å². The minimum absolute atomic E-state index is 0.0155. The van der Waals surface area contributed by atoms with E-state index >= 15 is 0 Å². The van der Waals surface area contributed by atoms with Gasteiger partial charge in [-0.3, -0.25) is 14.4 Å². The summed E-state index contributed by atoms with van der Waals surface area (Å²) in [6.07, 6.45) is 1.51. The molecule has 136 valence electrons. The van der Waals surface area contributed by atoms with Gasteiger partial charge in [0.15, 0.2) is 0 Å². The summed E-state index contributed by atoms with van der Waals surface area (Å²) in [5.74, 6) is -1.36. The summed E-state index contributed by atoms with van der Waals surface area (Å²) in [6.45, 7) is 0.464. The summed E-state index contributed by atoms with van der Waals surface area (Å²) in [4.78, 5) is 38.0. The highest BCUT2D eigenvalue weighted by Gasteiger charge is 2.37. The fraction of sp³-hybridized carbons (Fsp3) is 0.471. The second kappa shape index (κ2) is 8.59. The third kappa shape index (κ3) is 4.77. The van der Waals surface area contributed by atoms with E-state index in [4.69, 9.17) is 17.2 Å². The van der Waals surface area contributed by atoms with Crippen LogP contribution in [0.4, 0.5) is 0 Å². The summed E-state index contributed by atoms with van der Waals surface area (Å²) >= 11 is 0. The largest absolute Gasteiger partial charge is 0.368 e. The Kier molecular flexibility index (Phi) is 6.49. The second-order valence-electron chi connectivity index (χ2n) is 6.19. The molecule has 3 amide bonds. The Morgan fingerprint density at radius 1 is 1.24 bits per heavy atom. The molecule has 0 spiro atoms. The summed E-state index contributed by atoms with van der Waals surface area (Å²) in [5, 5.41) is 2.67. The zero-order valence-electron chi connectivity index (χ0n) is 14.1. The van der Waals surface area contributed by atoms with E-state index in [-0.39, 0.29) is 12.5 Å². The second-order valence-corrected chi connectivity index (χ2v) is 6.19. The summed E-state index contributed by atoms with van der Waals surface area (Å²) in [6, 6.07) is 6.95. The van der Waals surface area contributed by atoms with E-state index in [9.17, 15) is 14.4 Å². The number of nitrogens with one attached hydrogen (secondary N) is 1. The van der Waals surface area contributed by atoms with Crippen LogP contribution in [0.2, 0.25) is 0 Å². The molecule has 0 aromatic heterocycles. The predicted molar refractivity (Wildman–Crippen MR) is 93.0 cm³/mol. The van der Waals surface area contributed by atoms with Gasteiger partial charge in [-0.05, 0) is 18.4 Å². The molecule has 0 saturated carbocycles. The lowest BCUT2D eigenvalue weighted by molar-refractivity contribution is -0.140. The molecular weight excluding hydrogens is 322 g/mol. The van der Waals surface area contributed by atoms with Crippen LogP contribution < -0.4 is 22.5 Å². The fourth-order valence-corrected chi connectivity index (χ4v) is 2.96. The third-order valence-corrected chi connectivity index (χ3v) is 4.35. The van der Waals surface area contributed by atoms with Gasteiger partial charge in [0.1, 0.15) is 12.1 Å². The van der Waals surface area contributed by atoms with Crippen molar-refractivity contribution in [3.8, 4) is 0 Å². The minimum atomic E-state index is -0.837. The minimum Gasteiger partial charge on any atom is -0.368 e. The van der Waals surface area contributed by atoms with Crippen molar-refractivity contribution in [1.82, 2.24) is 10.2 Å². The number of primary amides is 1. The summed E-state index contributed by atoms with van der Waals surface area (Å²) < 4.78 is 0. The van der Waals surface area contributed by atoms with Crippen molar-refractivity contribution < 1.29 is 14.4 Å². The predicted octanol–water partition coefficient (Wildman–Crippen LogP) is -1.52. The number of nitrogens with two attached hydrogens (primary N) is 3. The number of rotatable bonds is 7. The highest BCUT2D eigenvalue weighted by Crippen LogP contribution is 2.18. The molecule has 1 saturated heterocycles. The lowest BCUT2D eigenvalue weighted by Crippen LogP contribution is -2.56. The molecule has 1 heterocycles. The molecule has 1 aliphatic rings. The fourth-order valence-electron chi connectivity index (χ4n) is 2.96. The maximum absolute atomic E-state index is 12.6. The number of carbonyl (C=O) groups excluding carboxylic acids is 3. The van der Waals surface area contributed by atoms with Gasteiger partial charge in [-0.25, -0.2) is 0 Å². The van der Waals surface area contributed by atoms with E-state index < -0.39 is 29.9 Å². The van der Waals surface area contributed by atoms with Crippen molar-refractivity contribution in [2.24, 2.45) is 17.2 Å². The molecule has 0 bridgehead atoms. The first-order valence-electron chi connectivity index (χ1n) is 8.33. The third-order valence-electron chi connectivity index (χ3n) is 4.35. The number of nitrogens with zero attached hydrogens (tertiary/aromatic N) is 1. The van der Waals surface area contributed by atoms with Crippen molar-refractivity contribution in [3.05, 3.63) is 35.9 Å². The number of hydrogen-bond donors (Lipinski definition) is 4. The monoisotopic (exact) mass is 347 g/mol. The van der Waals surface area contributed by atoms with Crippen molar-refractivity contribution in [1.29, 1.82) is 0 Å². The molecule has 25 heavy (non-hydrogen) atoms. The van der Waals surface area contributed by atoms with E-state index in [0.717, 1.165) is 5.56 Å². The van der Waals surface area contributed by atoms with Crippen molar-refractivity contribution in [2.75, 3.05) is 13.1 Å². The normalized spacial score (nSPS) is 19.3. The van der Waals surface area contributed by atoms with Crippen LogP contribution in [0.5, 0.6) is 0 Å². The molecule has 8 nitrogen and oxygen atoms in total. The Morgan fingerprint density at radius 3 is 2.52 bits per heavy atom. The molecule has 2 rings (SSSR count). The SMILES string of the molecule is NC[C@H](N)C(=O)N1CCC[C@H]1C(=O)N[C@@H](Cc1ccccc1)C(N)=O. The molecular formula is C17H25N5O3. The van der Waals surface area contributed by atoms with Crippen molar-refractivity contribution in [2.45, 2.75) is 37.4 Å². The quantitative estimate of drug-likeness (QED) is 0.473. The van der Waals surface area contributed by atoms with Gasteiger partial charge in [-0.15, -0.1) is 0 Å². The van der Waals surface area contributed by atoms with E-state index in [0.29, 0.717) is 25.8 Å². The molecule has 8 heteroatoms. The van der Waals surface area contributed by atoms with Crippen molar-refractivity contribution in [3.63, 3.8) is 0 Å². The number of hydrogen-bond acceptors (Lipinski definition) is 5. The van der Waals surface area contributed by atoms with E-state index in [1.54, 1.807) is 0 Å². The first kappa shape index (κ1) is 18.9. The first-order valence-corrected chi connectivity index (χ1v) is 8.33. The molecule has 1 aromatic rings. The Morgan fingerprint density at radius 2 is 1.92 bits per heavy atom.